The third-order valence-corrected chi connectivity index (χ3v) is 4.71. The van der Waals surface area contributed by atoms with E-state index < -0.39 is 33.9 Å². The summed E-state index contributed by atoms with van der Waals surface area (Å²) < 4.78 is 25.4. The van der Waals surface area contributed by atoms with Crippen molar-refractivity contribution in [2.24, 2.45) is 0 Å². The number of sulfonamides is 1. The number of hydrogen-bond acceptors (Lipinski definition) is 5. The molecule has 0 bridgehead atoms. The van der Waals surface area contributed by atoms with Crippen LogP contribution in [0.2, 0.25) is 0 Å². The van der Waals surface area contributed by atoms with Crippen LogP contribution in [0.5, 0.6) is 0 Å². The number of nitrogens with one attached hydrogen (secondary N) is 2. The molecule has 18 heavy (non-hydrogen) atoms. The molecule has 0 spiro atoms. The first-order chi connectivity index (χ1) is 8.26. The number of piperazine rings is 1. The summed E-state index contributed by atoms with van der Waals surface area (Å²) in [5, 5.41) is 7.82. The molecule has 1 aromatic rings. The molecule has 0 aromatic carbocycles. The molecule has 1 fully saturated rings. The maximum atomic E-state index is 12.3. The van der Waals surface area contributed by atoms with Crippen LogP contribution < -0.4 is 5.32 Å². The second-order valence-corrected chi connectivity index (χ2v) is 6.20. The highest BCUT2D eigenvalue weighted by Crippen LogP contribution is 2.25. The lowest BCUT2D eigenvalue weighted by Gasteiger charge is -2.38. The highest BCUT2D eigenvalue weighted by molar-refractivity contribution is 7.89. The maximum Gasteiger partial charge on any atom is 0.261 e. The third-order valence-electron chi connectivity index (χ3n) is 2.76. The van der Waals surface area contributed by atoms with E-state index in [1.54, 1.807) is 0 Å². The minimum absolute atomic E-state index is 0.155. The van der Waals surface area contributed by atoms with E-state index in [0.717, 1.165) is 4.31 Å². The van der Waals surface area contributed by atoms with Crippen molar-refractivity contribution in [1.29, 1.82) is 0 Å². The van der Waals surface area contributed by atoms with Gasteiger partial charge >= 0.3 is 0 Å². The lowest BCUT2D eigenvalue weighted by atomic mass is 10.0. The molecule has 2 heterocycles. The molecule has 0 atom stereocenters. The van der Waals surface area contributed by atoms with E-state index in [2.05, 4.69) is 15.5 Å². The molecule has 1 aliphatic heterocycles. The van der Waals surface area contributed by atoms with Gasteiger partial charge in [-0.2, -0.15) is 9.40 Å². The van der Waals surface area contributed by atoms with Gasteiger partial charge in [-0.1, -0.05) is 0 Å². The number of aromatic amines is 1. The first-order valence-corrected chi connectivity index (χ1v) is 6.57. The number of carbonyl (C=O) groups excluding carboxylic acids is 2. The zero-order valence-electron chi connectivity index (χ0n) is 9.80. The van der Waals surface area contributed by atoms with Crippen molar-refractivity contribution in [3.63, 3.8) is 0 Å². The van der Waals surface area contributed by atoms with Gasteiger partial charge in [0.15, 0.2) is 5.03 Å². The van der Waals surface area contributed by atoms with Gasteiger partial charge in [0.1, 0.15) is 5.54 Å². The Balaban J connectivity index is 2.49. The fourth-order valence-corrected chi connectivity index (χ4v) is 3.26. The molecule has 2 N–H and O–H groups in total. The largest absolute Gasteiger partial charge is 0.294 e. The summed E-state index contributed by atoms with van der Waals surface area (Å²) in [5.74, 6) is -1.30. The van der Waals surface area contributed by atoms with Crippen LogP contribution in [-0.2, 0) is 19.6 Å². The lowest BCUT2D eigenvalue weighted by molar-refractivity contribution is -0.141. The van der Waals surface area contributed by atoms with Crippen LogP contribution in [0.3, 0.4) is 0 Å². The van der Waals surface area contributed by atoms with E-state index in [1.807, 2.05) is 0 Å². The average molecular weight is 272 g/mol. The van der Waals surface area contributed by atoms with Gasteiger partial charge in [-0.25, -0.2) is 8.42 Å². The molecule has 0 radical (unpaired) electrons. The Hall–Kier alpha value is -1.74. The highest BCUT2D eigenvalue weighted by Gasteiger charge is 2.48. The molecule has 1 aromatic heterocycles. The molecule has 9 heteroatoms. The number of aromatic nitrogens is 2. The van der Waals surface area contributed by atoms with Gasteiger partial charge in [0, 0.05) is 0 Å². The van der Waals surface area contributed by atoms with Crippen molar-refractivity contribution in [3.8, 4) is 0 Å². The van der Waals surface area contributed by atoms with E-state index in [0.29, 0.717) is 0 Å². The number of carbonyl (C=O) groups is 2. The van der Waals surface area contributed by atoms with Crippen molar-refractivity contribution in [2.75, 3.05) is 6.54 Å². The molecule has 0 unspecified atom stereocenters. The predicted octanol–water partition coefficient (Wildman–Crippen LogP) is -1.16. The Morgan fingerprint density at radius 3 is 2.61 bits per heavy atom. The van der Waals surface area contributed by atoms with Crippen molar-refractivity contribution < 1.29 is 18.0 Å². The standard InChI is InChI=1S/C9H12N4O4S/c1-9(2)8(15)11-6(14)5-13(9)18(16,17)7-3-4-10-12-7/h3-4H,5H2,1-2H3,(H,10,12)(H,11,14,15). The topological polar surface area (TPSA) is 112 Å². The SMILES string of the molecule is CC1(C)C(=O)NC(=O)CN1S(=O)(=O)c1ccn[nH]1. The number of hydrogen-bond donors (Lipinski definition) is 2. The second kappa shape index (κ2) is 3.89. The van der Waals surface area contributed by atoms with E-state index in [1.165, 1.54) is 26.1 Å². The van der Waals surface area contributed by atoms with Crippen LogP contribution in [0, 0.1) is 0 Å². The molecule has 1 aliphatic rings. The summed E-state index contributed by atoms with van der Waals surface area (Å²) in [6, 6.07) is 1.27. The van der Waals surface area contributed by atoms with Gasteiger partial charge in [-0.15, -0.1) is 0 Å². The molecular weight excluding hydrogens is 260 g/mol. The van der Waals surface area contributed by atoms with Crippen LogP contribution in [0.4, 0.5) is 0 Å². The second-order valence-electron chi connectivity index (χ2n) is 4.37. The van der Waals surface area contributed by atoms with Crippen molar-refractivity contribution in [1.82, 2.24) is 19.8 Å². The monoisotopic (exact) mass is 272 g/mol. The lowest BCUT2D eigenvalue weighted by Crippen LogP contribution is -2.65. The first kappa shape index (κ1) is 12.7. The normalized spacial score (nSPS) is 20.8. The van der Waals surface area contributed by atoms with Gasteiger partial charge in [0.05, 0.1) is 12.7 Å². The van der Waals surface area contributed by atoms with Gasteiger partial charge in [0.25, 0.3) is 10.0 Å². The van der Waals surface area contributed by atoms with Gasteiger partial charge in [-0.05, 0) is 19.9 Å². The van der Waals surface area contributed by atoms with Gasteiger partial charge in [-0.3, -0.25) is 20.0 Å². The Kier molecular flexibility index (Phi) is 2.74. The van der Waals surface area contributed by atoms with Gasteiger partial charge in [0.2, 0.25) is 11.8 Å². The number of H-pyrrole nitrogens is 1. The predicted molar refractivity (Wildman–Crippen MR) is 59.7 cm³/mol. The quantitative estimate of drug-likeness (QED) is 0.659. The number of imide groups is 1. The van der Waals surface area contributed by atoms with E-state index in [-0.39, 0.29) is 5.03 Å². The molecule has 1 saturated heterocycles. The maximum absolute atomic E-state index is 12.3. The van der Waals surface area contributed by atoms with E-state index >= 15 is 0 Å². The van der Waals surface area contributed by atoms with Crippen LogP contribution in [0.15, 0.2) is 17.3 Å². The number of nitrogens with zero attached hydrogens (tertiary/aromatic N) is 2. The zero-order valence-corrected chi connectivity index (χ0v) is 10.6. The molecule has 98 valence electrons. The molecule has 0 saturated carbocycles. The Morgan fingerprint density at radius 2 is 2.06 bits per heavy atom. The zero-order chi connectivity index (χ0) is 13.6. The Morgan fingerprint density at radius 1 is 1.39 bits per heavy atom. The molecule has 8 nitrogen and oxygen atoms in total. The Labute approximate surface area is 103 Å². The summed E-state index contributed by atoms with van der Waals surface area (Å²) >= 11 is 0. The summed E-state index contributed by atoms with van der Waals surface area (Å²) in [6.07, 6.45) is 1.28. The summed E-state index contributed by atoms with van der Waals surface area (Å²) in [5.41, 5.74) is -1.34. The summed E-state index contributed by atoms with van der Waals surface area (Å²) in [7, 11) is -3.96. The van der Waals surface area contributed by atoms with E-state index in [4.69, 9.17) is 0 Å². The fourth-order valence-electron chi connectivity index (χ4n) is 1.65. The molecule has 2 amide bonds. The van der Waals surface area contributed by atoms with Crippen LogP contribution >= 0.6 is 0 Å². The molecule has 0 aliphatic carbocycles. The average Bonchev–Trinajstić information content (AvgIpc) is 2.77. The minimum Gasteiger partial charge on any atom is -0.294 e. The van der Waals surface area contributed by atoms with Crippen LogP contribution in [0.1, 0.15) is 13.8 Å². The number of amides is 2. The van der Waals surface area contributed by atoms with Crippen molar-refractivity contribution in [2.45, 2.75) is 24.4 Å². The summed E-state index contributed by atoms with van der Waals surface area (Å²) in [4.78, 5) is 23.0. The summed E-state index contributed by atoms with van der Waals surface area (Å²) in [6.45, 7) is 2.46. The fraction of sp³-hybridized carbons (Fsp3) is 0.444. The first-order valence-electron chi connectivity index (χ1n) is 5.13. The highest BCUT2D eigenvalue weighted by atomic mass is 32.2. The minimum atomic E-state index is -3.96. The third kappa shape index (κ3) is 1.81. The molecular formula is C9H12N4O4S. The Bertz CT molecular complexity index is 590. The van der Waals surface area contributed by atoms with Crippen molar-refractivity contribution >= 4 is 21.8 Å². The van der Waals surface area contributed by atoms with Crippen LogP contribution in [0.25, 0.3) is 0 Å². The molecule has 2 rings (SSSR count). The van der Waals surface area contributed by atoms with Gasteiger partial charge < -0.3 is 0 Å². The van der Waals surface area contributed by atoms with Crippen LogP contribution in [-0.4, -0.2) is 46.8 Å². The number of rotatable bonds is 2. The van der Waals surface area contributed by atoms with E-state index in [9.17, 15) is 18.0 Å². The van der Waals surface area contributed by atoms with Crippen molar-refractivity contribution in [3.05, 3.63) is 12.3 Å². The smallest absolute Gasteiger partial charge is 0.261 e.